The highest BCUT2D eigenvalue weighted by Crippen LogP contribution is 2.24. The monoisotopic (exact) mass is 475 g/mol. The van der Waals surface area contributed by atoms with E-state index in [0.717, 1.165) is 16.8 Å². The normalized spacial score (nSPS) is 11.4. The van der Waals surface area contributed by atoms with Crippen molar-refractivity contribution in [2.24, 2.45) is 5.10 Å². The van der Waals surface area contributed by atoms with Crippen molar-refractivity contribution in [3.8, 4) is 5.75 Å². The highest BCUT2D eigenvalue weighted by atomic mass is 32.2. The van der Waals surface area contributed by atoms with Crippen LogP contribution in [0.3, 0.4) is 0 Å². The fourth-order valence-corrected chi connectivity index (χ4v) is 4.22. The van der Waals surface area contributed by atoms with Crippen molar-refractivity contribution in [3.63, 3.8) is 0 Å². The fraction of sp³-hybridized carbons (Fsp3) is 0. The summed E-state index contributed by atoms with van der Waals surface area (Å²) in [5, 5.41) is 16.6. The van der Waals surface area contributed by atoms with Gasteiger partial charge in [-0.05, 0) is 35.0 Å². The Morgan fingerprint density at radius 2 is 1.65 bits per heavy atom. The number of hydrazone groups is 1. The molecule has 9 nitrogen and oxygen atoms in total. The molecule has 0 saturated carbocycles. The van der Waals surface area contributed by atoms with Gasteiger partial charge in [0.15, 0.2) is 5.75 Å². The summed E-state index contributed by atoms with van der Waals surface area (Å²) in [7, 11) is -4.35. The number of non-ortho nitro benzene ring substituents is 1. The Balaban J connectivity index is 1.54. The van der Waals surface area contributed by atoms with Crippen LogP contribution in [0.5, 0.6) is 5.75 Å². The molecule has 0 heterocycles. The summed E-state index contributed by atoms with van der Waals surface area (Å²) < 4.78 is 30.5. The SMILES string of the molecule is O=C(N/N=C\c1ccccc1OS(=O)(=O)c1cccc([N+](=O)[O-])c1)c1cccc2ccccc12. The molecule has 0 unspecified atom stereocenters. The first-order valence-corrected chi connectivity index (χ1v) is 11.3. The van der Waals surface area contributed by atoms with Gasteiger partial charge in [0.2, 0.25) is 0 Å². The Kier molecular flexibility index (Phi) is 6.33. The second kappa shape index (κ2) is 9.51. The summed E-state index contributed by atoms with van der Waals surface area (Å²) in [5.41, 5.74) is 2.76. The van der Waals surface area contributed by atoms with Crippen LogP contribution in [0.25, 0.3) is 10.8 Å². The maximum absolute atomic E-state index is 12.7. The van der Waals surface area contributed by atoms with Gasteiger partial charge in [-0.2, -0.15) is 13.5 Å². The lowest BCUT2D eigenvalue weighted by atomic mass is 10.0. The molecule has 0 atom stereocenters. The van der Waals surface area contributed by atoms with Crippen molar-refractivity contribution >= 4 is 38.7 Å². The van der Waals surface area contributed by atoms with Gasteiger partial charge in [0, 0.05) is 23.3 Å². The van der Waals surface area contributed by atoms with Crippen molar-refractivity contribution in [1.29, 1.82) is 0 Å². The number of amides is 1. The molecular formula is C24H17N3O6S. The molecule has 0 aliphatic heterocycles. The molecule has 4 aromatic rings. The minimum absolute atomic E-state index is 0.0582. The first-order chi connectivity index (χ1) is 16.3. The molecule has 4 aromatic carbocycles. The van der Waals surface area contributed by atoms with Gasteiger partial charge < -0.3 is 4.18 Å². The fourth-order valence-electron chi connectivity index (χ4n) is 3.23. The molecule has 0 aliphatic rings. The number of fused-ring (bicyclic) bond motifs is 1. The van der Waals surface area contributed by atoms with E-state index in [1.165, 1.54) is 30.5 Å². The van der Waals surface area contributed by atoms with E-state index in [4.69, 9.17) is 4.18 Å². The topological polar surface area (TPSA) is 128 Å². The number of rotatable bonds is 7. The lowest BCUT2D eigenvalue weighted by molar-refractivity contribution is -0.385. The lowest BCUT2D eigenvalue weighted by Gasteiger charge is -2.09. The quantitative estimate of drug-likeness (QED) is 0.184. The number of nitrogens with one attached hydrogen (secondary N) is 1. The van der Waals surface area contributed by atoms with Crippen molar-refractivity contribution in [2.75, 3.05) is 0 Å². The van der Waals surface area contributed by atoms with Gasteiger partial charge >= 0.3 is 10.1 Å². The smallest absolute Gasteiger partial charge is 0.339 e. The molecule has 0 aliphatic carbocycles. The van der Waals surface area contributed by atoms with E-state index in [2.05, 4.69) is 10.5 Å². The van der Waals surface area contributed by atoms with Gasteiger partial charge in [0.25, 0.3) is 11.6 Å². The van der Waals surface area contributed by atoms with Crippen LogP contribution >= 0.6 is 0 Å². The van der Waals surface area contributed by atoms with Crippen LogP contribution in [0.4, 0.5) is 5.69 Å². The highest BCUT2D eigenvalue weighted by Gasteiger charge is 2.21. The minimum Gasteiger partial charge on any atom is -0.378 e. The molecule has 0 fully saturated rings. The average Bonchev–Trinajstić information content (AvgIpc) is 2.84. The molecule has 0 saturated heterocycles. The van der Waals surface area contributed by atoms with Crippen molar-refractivity contribution < 1.29 is 22.3 Å². The minimum atomic E-state index is -4.35. The Morgan fingerprint density at radius 1 is 0.941 bits per heavy atom. The van der Waals surface area contributed by atoms with Crippen LogP contribution in [0.15, 0.2) is 101 Å². The molecule has 4 rings (SSSR count). The van der Waals surface area contributed by atoms with Gasteiger partial charge in [-0.3, -0.25) is 14.9 Å². The number of benzene rings is 4. The number of hydrogen-bond acceptors (Lipinski definition) is 7. The van der Waals surface area contributed by atoms with Crippen molar-refractivity contribution in [1.82, 2.24) is 5.43 Å². The molecule has 10 heteroatoms. The largest absolute Gasteiger partial charge is 0.378 e. The summed E-state index contributed by atoms with van der Waals surface area (Å²) in [6.45, 7) is 0. The molecule has 1 amide bonds. The zero-order valence-corrected chi connectivity index (χ0v) is 18.3. The molecule has 34 heavy (non-hydrogen) atoms. The Bertz CT molecular complexity index is 1530. The third kappa shape index (κ3) is 4.92. The standard InChI is InChI=1S/C24H17N3O6S/c28-24(22-13-5-9-17-7-1-3-12-21(17)22)26-25-16-18-8-2-4-14-23(18)33-34(31,32)20-11-6-10-19(15-20)27(29)30/h1-16H,(H,26,28)/b25-16-. The van der Waals surface area contributed by atoms with E-state index >= 15 is 0 Å². The predicted molar refractivity (Wildman–Crippen MR) is 126 cm³/mol. The van der Waals surface area contributed by atoms with E-state index in [1.807, 2.05) is 30.3 Å². The van der Waals surface area contributed by atoms with Crippen LogP contribution in [-0.4, -0.2) is 25.5 Å². The maximum atomic E-state index is 12.7. The molecule has 170 valence electrons. The van der Waals surface area contributed by atoms with Crippen LogP contribution in [0.2, 0.25) is 0 Å². The number of carbonyl (C=O) groups excluding carboxylic acids is 1. The molecule has 0 aromatic heterocycles. The second-order valence-corrected chi connectivity index (χ2v) is 8.60. The van der Waals surface area contributed by atoms with E-state index in [1.54, 1.807) is 30.3 Å². The van der Waals surface area contributed by atoms with Crippen molar-refractivity contribution in [2.45, 2.75) is 4.90 Å². The third-order valence-corrected chi connectivity index (χ3v) is 6.07. The van der Waals surface area contributed by atoms with E-state index in [0.29, 0.717) is 5.56 Å². The van der Waals surface area contributed by atoms with E-state index in [9.17, 15) is 23.3 Å². The number of hydrogen-bond donors (Lipinski definition) is 1. The number of nitro benzene ring substituents is 1. The first-order valence-electron chi connectivity index (χ1n) is 9.94. The Labute approximate surface area is 194 Å². The molecule has 0 spiro atoms. The lowest BCUT2D eigenvalue weighted by Crippen LogP contribution is -2.18. The van der Waals surface area contributed by atoms with Gasteiger partial charge in [0.05, 0.1) is 11.1 Å². The first kappa shape index (κ1) is 22.6. The number of nitro groups is 1. The average molecular weight is 475 g/mol. The van der Waals surface area contributed by atoms with Gasteiger partial charge in [-0.25, -0.2) is 5.43 Å². The number of para-hydroxylation sites is 1. The Morgan fingerprint density at radius 3 is 2.47 bits per heavy atom. The highest BCUT2D eigenvalue weighted by molar-refractivity contribution is 7.87. The zero-order chi connectivity index (χ0) is 24.1. The summed E-state index contributed by atoms with van der Waals surface area (Å²) in [6, 6.07) is 23.5. The molecule has 0 bridgehead atoms. The van der Waals surface area contributed by atoms with Gasteiger partial charge in [0.1, 0.15) is 4.90 Å². The van der Waals surface area contributed by atoms with E-state index < -0.39 is 20.9 Å². The summed E-state index contributed by atoms with van der Waals surface area (Å²) >= 11 is 0. The van der Waals surface area contributed by atoms with Crippen molar-refractivity contribution in [3.05, 3.63) is 112 Å². The predicted octanol–water partition coefficient (Wildman–Crippen LogP) is 4.28. The number of carbonyl (C=O) groups is 1. The van der Waals surface area contributed by atoms with Crippen LogP contribution < -0.4 is 9.61 Å². The summed E-state index contributed by atoms with van der Waals surface area (Å²) in [6.07, 6.45) is 1.25. The van der Waals surface area contributed by atoms with Gasteiger partial charge in [-0.1, -0.05) is 54.6 Å². The number of nitrogens with zero attached hydrogens (tertiary/aromatic N) is 2. The van der Waals surface area contributed by atoms with Gasteiger partial charge in [-0.15, -0.1) is 0 Å². The van der Waals surface area contributed by atoms with Crippen LogP contribution in [0, 0.1) is 10.1 Å². The third-order valence-electron chi connectivity index (χ3n) is 4.84. The molecule has 1 N–H and O–H groups in total. The second-order valence-electron chi connectivity index (χ2n) is 7.06. The van der Waals surface area contributed by atoms with Crippen LogP contribution in [0.1, 0.15) is 15.9 Å². The maximum Gasteiger partial charge on any atom is 0.339 e. The van der Waals surface area contributed by atoms with Crippen LogP contribution in [-0.2, 0) is 10.1 Å². The zero-order valence-electron chi connectivity index (χ0n) is 17.5. The summed E-state index contributed by atoms with van der Waals surface area (Å²) in [5.74, 6) is -0.493. The summed E-state index contributed by atoms with van der Waals surface area (Å²) in [4.78, 5) is 22.5. The molecule has 0 radical (unpaired) electrons. The Hall–Kier alpha value is -4.57. The molecular weight excluding hydrogens is 458 g/mol. The van der Waals surface area contributed by atoms with E-state index in [-0.39, 0.29) is 21.9 Å².